The molecule has 248 valence electrons. The zero-order chi connectivity index (χ0) is 34.1. The van der Waals surface area contributed by atoms with Crippen molar-refractivity contribution in [2.75, 3.05) is 20.7 Å². The molecular formula is C40H49N3O4. The van der Waals surface area contributed by atoms with Gasteiger partial charge in [-0.25, -0.2) is 0 Å². The first-order valence-electron chi connectivity index (χ1n) is 16.2. The van der Waals surface area contributed by atoms with Crippen LogP contribution in [0.1, 0.15) is 82.3 Å². The highest BCUT2D eigenvalue weighted by atomic mass is 16.5. The summed E-state index contributed by atoms with van der Waals surface area (Å²) in [4.78, 5) is 29.0. The van der Waals surface area contributed by atoms with E-state index in [-0.39, 0.29) is 29.8 Å². The molecule has 0 aliphatic rings. The Morgan fingerprint density at radius 2 is 1.53 bits per heavy atom. The Hall–Kier alpha value is -4.46. The Morgan fingerprint density at radius 3 is 2.17 bits per heavy atom. The summed E-state index contributed by atoms with van der Waals surface area (Å²) in [5.74, 6) is 0.320. The zero-order valence-electron chi connectivity index (χ0n) is 28.7. The number of carbonyl (C=O) groups is 2. The van der Waals surface area contributed by atoms with E-state index in [4.69, 9.17) is 4.74 Å². The van der Waals surface area contributed by atoms with Gasteiger partial charge in [0.15, 0.2) is 0 Å². The lowest BCUT2D eigenvalue weighted by Gasteiger charge is -2.27. The minimum absolute atomic E-state index is 0.0816. The first kappa shape index (κ1) is 35.4. The largest absolute Gasteiger partial charge is 0.496 e. The average Bonchev–Trinajstić information content (AvgIpc) is 3.06. The lowest BCUT2D eigenvalue weighted by molar-refractivity contribution is 0.0742. The van der Waals surface area contributed by atoms with Gasteiger partial charge in [-0.2, -0.15) is 0 Å². The predicted molar refractivity (Wildman–Crippen MR) is 189 cm³/mol. The second-order valence-corrected chi connectivity index (χ2v) is 13.3. The summed E-state index contributed by atoms with van der Waals surface area (Å²) in [7, 11) is 3.46. The molecule has 0 saturated carbocycles. The lowest BCUT2D eigenvalue weighted by Crippen LogP contribution is -2.48. The standard InChI is InChI=1S/C40H49N3O4/c1-27-21-32(24-33(22-27)39(46)43(6)28(2)30-17-12-9-13-18-30)38(45)42-35(23-29-15-10-8-11-16-29)36(44)26-41-25-31-19-14-20-34(37(31)47-7)40(3,4)5/h8-22,24,28,35-36,41,44H,23,25-26H2,1-7H3,(H,42,45)/t28-,35+,36-/m1/s1. The van der Waals surface area contributed by atoms with Crippen LogP contribution in [-0.2, 0) is 18.4 Å². The number of para-hydroxylation sites is 1. The fraction of sp³-hybridized carbons (Fsp3) is 0.350. The van der Waals surface area contributed by atoms with Gasteiger partial charge in [-0.05, 0) is 66.1 Å². The summed E-state index contributed by atoms with van der Waals surface area (Å²) in [6, 6.07) is 30.2. The molecule has 0 spiro atoms. The highest BCUT2D eigenvalue weighted by Crippen LogP contribution is 2.34. The van der Waals surface area contributed by atoms with Gasteiger partial charge in [0, 0.05) is 36.8 Å². The van der Waals surface area contributed by atoms with Crippen molar-refractivity contribution < 1.29 is 19.4 Å². The fourth-order valence-corrected chi connectivity index (χ4v) is 5.83. The van der Waals surface area contributed by atoms with Crippen LogP contribution >= 0.6 is 0 Å². The molecule has 0 fully saturated rings. The van der Waals surface area contributed by atoms with Gasteiger partial charge in [-0.1, -0.05) is 99.6 Å². The smallest absolute Gasteiger partial charge is 0.254 e. The van der Waals surface area contributed by atoms with E-state index in [0.717, 1.165) is 33.6 Å². The van der Waals surface area contributed by atoms with E-state index in [9.17, 15) is 14.7 Å². The summed E-state index contributed by atoms with van der Waals surface area (Å²) in [5, 5.41) is 17.9. The van der Waals surface area contributed by atoms with Crippen LogP contribution in [0.3, 0.4) is 0 Å². The molecule has 0 aromatic heterocycles. The Kier molecular flexibility index (Phi) is 12.0. The molecule has 4 aromatic carbocycles. The van der Waals surface area contributed by atoms with Gasteiger partial charge in [0.25, 0.3) is 11.8 Å². The molecule has 7 nitrogen and oxygen atoms in total. The SMILES string of the molecule is COc1c(CNC[C@@H](O)[C@H](Cc2ccccc2)NC(=O)c2cc(C)cc(C(=O)N(C)[C@H](C)c3ccccc3)c2)cccc1C(C)(C)C. The van der Waals surface area contributed by atoms with Gasteiger partial charge < -0.3 is 25.4 Å². The molecule has 0 saturated heterocycles. The number of hydrogen-bond acceptors (Lipinski definition) is 5. The summed E-state index contributed by atoms with van der Waals surface area (Å²) in [6.07, 6.45) is -0.451. The Balaban J connectivity index is 1.50. The van der Waals surface area contributed by atoms with E-state index >= 15 is 0 Å². The topological polar surface area (TPSA) is 90.9 Å². The Labute approximate surface area is 280 Å². The number of nitrogens with one attached hydrogen (secondary N) is 2. The minimum atomic E-state index is -0.889. The molecule has 0 bridgehead atoms. The van der Waals surface area contributed by atoms with Gasteiger partial charge in [-0.3, -0.25) is 9.59 Å². The molecule has 0 radical (unpaired) electrons. The zero-order valence-corrected chi connectivity index (χ0v) is 28.7. The van der Waals surface area contributed by atoms with Gasteiger partial charge in [0.2, 0.25) is 0 Å². The molecule has 4 aromatic rings. The van der Waals surface area contributed by atoms with Gasteiger partial charge >= 0.3 is 0 Å². The normalized spacial score (nSPS) is 13.4. The third-order valence-corrected chi connectivity index (χ3v) is 8.63. The molecular weight excluding hydrogens is 586 g/mol. The van der Waals surface area contributed by atoms with E-state index in [0.29, 0.717) is 24.1 Å². The number of carbonyl (C=O) groups excluding carboxylic acids is 2. The molecule has 47 heavy (non-hydrogen) atoms. The number of aliphatic hydroxyl groups excluding tert-OH is 1. The number of hydrogen-bond donors (Lipinski definition) is 3. The van der Waals surface area contributed by atoms with Crippen molar-refractivity contribution in [1.82, 2.24) is 15.5 Å². The molecule has 3 atom stereocenters. The first-order chi connectivity index (χ1) is 22.4. The second kappa shape index (κ2) is 15.9. The maximum atomic E-state index is 13.7. The quantitative estimate of drug-likeness (QED) is 0.154. The Bertz CT molecular complexity index is 1630. The maximum Gasteiger partial charge on any atom is 0.254 e. The summed E-state index contributed by atoms with van der Waals surface area (Å²) in [6.45, 7) is 11.1. The van der Waals surface area contributed by atoms with E-state index in [1.165, 1.54) is 0 Å². The predicted octanol–water partition coefficient (Wildman–Crippen LogP) is 6.63. The first-order valence-corrected chi connectivity index (χ1v) is 16.2. The van der Waals surface area contributed by atoms with E-state index < -0.39 is 12.1 Å². The number of nitrogens with zero attached hydrogens (tertiary/aromatic N) is 1. The molecule has 3 N–H and O–H groups in total. The third-order valence-electron chi connectivity index (χ3n) is 8.63. The monoisotopic (exact) mass is 635 g/mol. The van der Waals surface area contributed by atoms with Gasteiger partial charge in [0.1, 0.15) is 5.75 Å². The van der Waals surface area contributed by atoms with Crippen molar-refractivity contribution in [2.24, 2.45) is 0 Å². The van der Waals surface area contributed by atoms with Crippen molar-refractivity contribution in [3.8, 4) is 5.75 Å². The van der Waals surface area contributed by atoms with Crippen molar-refractivity contribution in [1.29, 1.82) is 0 Å². The molecule has 0 unspecified atom stereocenters. The van der Waals surface area contributed by atoms with Crippen LogP contribution in [0.5, 0.6) is 5.75 Å². The molecule has 0 aliphatic carbocycles. The summed E-state index contributed by atoms with van der Waals surface area (Å²) < 4.78 is 5.79. The van der Waals surface area contributed by atoms with Crippen LogP contribution in [0, 0.1) is 6.92 Å². The summed E-state index contributed by atoms with van der Waals surface area (Å²) >= 11 is 0. The lowest BCUT2D eigenvalue weighted by atomic mass is 9.85. The number of benzene rings is 4. The van der Waals surface area contributed by atoms with Crippen LogP contribution in [0.15, 0.2) is 97.1 Å². The van der Waals surface area contributed by atoms with Crippen LogP contribution in [0.25, 0.3) is 0 Å². The minimum Gasteiger partial charge on any atom is -0.496 e. The molecule has 0 heterocycles. The summed E-state index contributed by atoms with van der Waals surface area (Å²) in [5.41, 5.74) is 5.67. The van der Waals surface area contributed by atoms with Gasteiger partial charge in [-0.15, -0.1) is 0 Å². The molecule has 0 aliphatic heterocycles. The average molecular weight is 636 g/mol. The molecule has 7 heteroatoms. The van der Waals surface area contributed by atoms with Crippen LogP contribution in [-0.4, -0.2) is 54.7 Å². The van der Waals surface area contributed by atoms with Crippen LogP contribution < -0.4 is 15.4 Å². The van der Waals surface area contributed by atoms with E-state index in [2.05, 4.69) is 37.5 Å². The number of methoxy groups -OCH3 is 1. The third kappa shape index (κ3) is 9.31. The number of aliphatic hydroxyl groups is 1. The number of aryl methyl sites for hydroxylation is 1. The van der Waals surface area contributed by atoms with E-state index in [1.807, 2.05) is 86.6 Å². The van der Waals surface area contributed by atoms with Gasteiger partial charge in [0.05, 0.1) is 25.3 Å². The van der Waals surface area contributed by atoms with Crippen LogP contribution in [0.2, 0.25) is 0 Å². The number of ether oxygens (including phenoxy) is 1. The van der Waals surface area contributed by atoms with Crippen molar-refractivity contribution in [3.05, 3.63) is 136 Å². The highest BCUT2D eigenvalue weighted by molar-refractivity contribution is 6.00. The number of amides is 2. The Morgan fingerprint density at radius 1 is 0.894 bits per heavy atom. The molecule has 4 rings (SSSR count). The maximum absolute atomic E-state index is 13.7. The van der Waals surface area contributed by atoms with E-state index in [1.54, 1.807) is 37.3 Å². The second-order valence-electron chi connectivity index (χ2n) is 13.3. The molecule has 2 amide bonds. The van der Waals surface area contributed by atoms with Crippen molar-refractivity contribution in [3.63, 3.8) is 0 Å². The highest BCUT2D eigenvalue weighted by Gasteiger charge is 2.25. The van der Waals surface area contributed by atoms with Crippen molar-refractivity contribution >= 4 is 11.8 Å². The fourth-order valence-electron chi connectivity index (χ4n) is 5.83. The number of rotatable bonds is 13. The van der Waals surface area contributed by atoms with Crippen LogP contribution in [0.4, 0.5) is 0 Å². The van der Waals surface area contributed by atoms with Crippen molar-refractivity contribution in [2.45, 2.75) is 71.2 Å².